The number of Topliss-reactive ketones (excluding diaryl/α,β-unsaturated/α-hetero) is 1. The maximum absolute atomic E-state index is 13.9. The third-order valence-electron chi connectivity index (χ3n) is 12.3. The van der Waals surface area contributed by atoms with Crippen molar-refractivity contribution in [3.05, 3.63) is 23.3 Å². The standard InChI is InChI=1S/C30H46O3/c1-25(2)14-15-26(3)20(16-25)19-8-9-22-27(4)12-11-23(32)28(5,18-31)21(27)10-13-29(22,6)30(19,7)17-24(26)33/h8,10,20,22-23,31-32H,9,11-18H2,1-7H3. The SMILES string of the molecule is CC1(C)CCC2(C)C(=O)CC3(C)C(=CCC4C5(C)CCC(O)C(C)(CO)C5=CCC43C)C2C1. The van der Waals surface area contributed by atoms with Crippen LogP contribution in [0.25, 0.3) is 0 Å². The Morgan fingerprint density at radius 2 is 1.67 bits per heavy atom. The van der Waals surface area contributed by atoms with Crippen LogP contribution >= 0.6 is 0 Å². The molecule has 33 heavy (non-hydrogen) atoms. The van der Waals surface area contributed by atoms with Crippen LogP contribution in [0.4, 0.5) is 0 Å². The van der Waals surface area contributed by atoms with E-state index in [1.54, 1.807) is 5.57 Å². The van der Waals surface area contributed by atoms with Gasteiger partial charge in [-0.1, -0.05) is 71.8 Å². The molecule has 0 radical (unpaired) electrons. The van der Waals surface area contributed by atoms with E-state index in [1.807, 2.05) is 0 Å². The zero-order valence-corrected chi connectivity index (χ0v) is 22.1. The maximum atomic E-state index is 13.9. The Hall–Kier alpha value is -0.930. The lowest BCUT2D eigenvalue weighted by atomic mass is 9.35. The average Bonchev–Trinajstić information content (AvgIpc) is 2.73. The summed E-state index contributed by atoms with van der Waals surface area (Å²) >= 11 is 0. The second-order valence-electron chi connectivity index (χ2n) is 14.5. The average molecular weight is 455 g/mol. The van der Waals surface area contributed by atoms with Crippen LogP contribution in [0.15, 0.2) is 23.3 Å². The molecule has 8 unspecified atom stereocenters. The third-order valence-corrected chi connectivity index (χ3v) is 12.3. The first-order valence-corrected chi connectivity index (χ1v) is 13.4. The van der Waals surface area contributed by atoms with Gasteiger partial charge in [-0.3, -0.25) is 4.79 Å². The second kappa shape index (κ2) is 6.84. The Bertz CT molecular complexity index is 944. The molecular weight excluding hydrogens is 408 g/mol. The molecule has 3 heteroatoms. The van der Waals surface area contributed by atoms with E-state index in [4.69, 9.17) is 0 Å². The lowest BCUT2D eigenvalue weighted by Gasteiger charge is -2.68. The van der Waals surface area contributed by atoms with Gasteiger partial charge in [0.1, 0.15) is 5.78 Å². The Morgan fingerprint density at radius 3 is 2.33 bits per heavy atom. The number of carbonyl (C=O) groups is 1. The highest BCUT2D eigenvalue weighted by Crippen LogP contribution is 2.73. The number of aliphatic hydroxyl groups excluding tert-OH is 2. The lowest BCUT2D eigenvalue weighted by molar-refractivity contribution is -0.154. The number of hydrogen-bond acceptors (Lipinski definition) is 3. The molecule has 3 saturated carbocycles. The van der Waals surface area contributed by atoms with E-state index in [2.05, 4.69) is 60.6 Å². The minimum absolute atomic E-state index is 0.00652. The number of carbonyl (C=O) groups excluding carboxylic acids is 1. The number of ketones is 1. The summed E-state index contributed by atoms with van der Waals surface area (Å²) in [6, 6.07) is 0. The van der Waals surface area contributed by atoms with E-state index in [1.165, 1.54) is 5.57 Å². The first-order valence-electron chi connectivity index (χ1n) is 13.4. The molecule has 2 N–H and O–H groups in total. The second-order valence-corrected chi connectivity index (χ2v) is 14.5. The van der Waals surface area contributed by atoms with Crippen molar-refractivity contribution in [2.45, 2.75) is 106 Å². The van der Waals surface area contributed by atoms with E-state index in [-0.39, 0.29) is 33.7 Å². The van der Waals surface area contributed by atoms with Crippen LogP contribution < -0.4 is 0 Å². The van der Waals surface area contributed by atoms with Crippen molar-refractivity contribution in [3.8, 4) is 0 Å². The third kappa shape index (κ3) is 2.79. The molecule has 0 saturated heterocycles. The summed E-state index contributed by atoms with van der Waals surface area (Å²) in [6.07, 6.45) is 12.1. The van der Waals surface area contributed by atoms with Crippen molar-refractivity contribution in [2.24, 2.45) is 44.3 Å². The molecule has 3 nitrogen and oxygen atoms in total. The molecular formula is C30H46O3. The quantitative estimate of drug-likeness (QED) is 0.461. The Labute approximate surface area is 201 Å². The van der Waals surface area contributed by atoms with Crippen molar-refractivity contribution in [1.82, 2.24) is 0 Å². The van der Waals surface area contributed by atoms with Gasteiger partial charge in [-0.2, -0.15) is 0 Å². The summed E-state index contributed by atoms with van der Waals surface area (Å²) in [5, 5.41) is 21.2. The molecule has 184 valence electrons. The molecule has 0 aromatic rings. The number of allylic oxidation sites excluding steroid dienone is 3. The molecule has 8 atom stereocenters. The fourth-order valence-electron chi connectivity index (χ4n) is 9.62. The molecule has 5 rings (SSSR count). The highest BCUT2D eigenvalue weighted by Gasteiger charge is 2.68. The van der Waals surface area contributed by atoms with Crippen molar-refractivity contribution < 1.29 is 15.0 Å². The Morgan fingerprint density at radius 1 is 0.970 bits per heavy atom. The largest absolute Gasteiger partial charge is 0.395 e. The predicted octanol–water partition coefficient (Wildman–Crippen LogP) is 6.24. The monoisotopic (exact) mass is 454 g/mol. The zero-order chi connectivity index (χ0) is 24.2. The van der Waals surface area contributed by atoms with E-state index >= 15 is 0 Å². The van der Waals surface area contributed by atoms with E-state index in [9.17, 15) is 15.0 Å². The Balaban J connectivity index is 1.63. The lowest BCUT2D eigenvalue weighted by Crippen LogP contribution is -2.63. The van der Waals surface area contributed by atoms with Gasteiger partial charge in [-0.25, -0.2) is 0 Å². The van der Waals surface area contributed by atoms with E-state index in [0.717, 1.165) is 44.9 Å². The van der Waals surface area contributed by atoms with Gasteiger partial charge in [-0.15, -0.1) is 0 Å². The van der Waals surface area contributed by atoms with Gasteiger partial charge in [0.25, 0.3) is 0 Å². The fourth-order valence-corrected chi connectivity index (χ4v) is 9.62. The smallest absolute Gasteiger partial charge is 0.140 e. The first kappa shape index (κ1) is 23.8. The highest BCUT2D eigenvalue weighted by atomic mass is 16.3. The number of fused-ring (bicyclic) bond motifs is 7. The van der Waals surface area contributed by atoms with Crippen molar-refractivity contribution in [3.63, 3.8) is 0 Å². The molecule has 5 aliphatic rings. The molecule has 0 aromatic heterocycles. The normalized spacial score (nSPS) is 53.1. The van der Waals surface area contributed by atoms with Gasteiger partial charge in [0, 0.05) is 22.7 Å². The van der Waals surface area contributed by atoms with Gasteiger partial charge in [0.05, 0.1) is 12.7 Å². The zero-order valence-electron chi connectivity index (χ0n) is 22.1. The van der Waals surface area contributed by atoms with Crippen molar-refractivity contribution in [2.75, 3.05) is 6.61 Å². The highest BCUT2D eigenvalue weighted by molar-refractivity contribution is 5.88. The van der Waals surface area contributed by atoms with Crippen LogP contribution in [-0.2, 0) is 4.79 Å². The minimum atomic E-state index is -0.562. The van der Waals surface area contributed by atoms with Gasteiger partial charge < -0.3 is 10.2 Å². The summed E-state index contributed by atoms with van der Waals surface area (Å²) < 4.78 is 0. The molecule has 0 bridgehead atoms. The Kier molecular flexibility index (Phi) is 4.93. The van der Waals surface area contributed by atoms with E-state index in [0.29, 0.717) is 24.0 Å². The summed E-state index contributed by atoms with van der Waals surface area (Å²) in [4.78, 5) is 13.9. The molecule has 0 aliphatic heterocycles. The molecule has 0 heterocycles. The molecule has 5 aliphatic carbocycles. The van der Waals surface area contributed by atoms with Crippen molar-refractivity contribution >= 4 is 5.78 Å². The van der Waals surface area contributed by atoms with Crippen LogP contribution in [-0.4, -0.2) is 28.7 Å². The minimum Gasteiger partial charge on any atom is -0.395 e. The van der Waals surface area contributed by atoms with Crippen LogP contribution in [0.5, 0.6) is 0 Å². The molecule has 0 spiro atoms. The van der Waals surface area contributed by atoms with Crippen LogP contribution in [0.1, 0.15) is 99.8 Å². The number of hydrogen-bond donors (Lipinski definition) is 2. The van der Waals surface area contributed by atoms with Gasteiger partial charge in [0.2, 0.25) is 0 Å². The van der Waals surface area contributed by atoms with Crippen molar-refractivity contribution in [1.29, 1.82) is 0 Å². The molecule has 3 fully saturated rings. The predicted molar refractivity (Wildman–Crippen MR) is 132 cm³/mol. The summed E-state index contributed by atoms with van der Waals surface area (Å²) in [7, 11) is 0. The van der Waals surface area contributed by atoms with Gasteiger partial charge >= 0.3 is 0 Å². The first-order chi connectivity index (χ1) is 15.2. The number of rotatable bonds is 1. The summed E-state index contributed by atoms with van der Waals surface area (Å²) in [5.74, 6) is 1.27. The maximum Gasteiger partial charge on any atom is 0.140 e. The summed E-state index contributed by atoms with van der Waals surface area (Å²) in [6.45, 7) is 16.3. The summed E-state index contributed by atoms with van der Waals surface area (Å²) in [5.41, 5.74) is 2.21. The van der Waals surface area contributed by atoms with Crippen LogP contribution in [0.2, 0.25) is 0 Å². The topological polar surface area (TPSA) is 57.5 Å². The van der Waals surface area contributed by atoms with Crippen LogP contribution in [0.3, 0.4) is 0 Å². The van der Waals surface area contributed by atoms with Gasteiger partial charge in [-0.05, 0) is 73.0 Å². The number of aliphatic hydroxyl groups is 2. The molecule has 0 amide bonds. The van der Waals surface area contributed by atoms with Crippen LogP contribution in [0, 0.1) is 44.3 Å². The van der Waals surface area contributed by atoms with Gasteiger partial charge in [0.15, 0.2) is 0 Å². The van der Waals surface area contributed by atoms with E-state index < -0.39 is 11.5 Å². The fraction of sp³-hybridized carbons (Fsp3) is 0.833. The molecule has 0 aromatic carbocycles.